The second-order valence-electron chi connectivity index (χ2n) is 6.87. The summed E-state index contributed by atoms with van der Waals surface area (Å²) in [6.07, 6.45) is 16.4. The zero-order valence-electron chi connectivity index (χ0n) is 17.2. The summed E-state index contributed by atoms with van der Waals surface area (Å²) in [5.74, 6) is -1.38. The SMILES string of the molecule is CCOC1(CC)C=CC=CC1NC(=O)C(=O)NC1C=CC=CC1(CC)OCC. The maximum Gasteiger partial charge on any atom is 0.309 e. The Hall–Kier alpha value is -2.18. The highest BCUT2D eigenvalue weighted by Gasteiger charge is 2.40. The number of allylic oxidation sites excluding steroid dienone is 4. The van der Waals surface area contributed by atoms with Gasteiger partial charge in [0, 0.05) is 13.2 Å². The van der Waals surface area contributed by atoms with E-state index in [1.54, 1.807) is 0 Å². The van der Waals surface area contributed by atoms with Crippen molar-refractivity contribution in [3.8, 4) is 0 Å². The van der Waals surface area contributed by atoms with Gasteiger partial charge in [-0.1, -0.05) is 62.5 Å². The fraction of sp³-hybridized carbons (Fsp3) is 0.545. The molecule has 6 heteroatoms. The van der Waals surface area contributed by atoms with Gasteiger partial charge in [-0.25, -0.2) is 0 Å². The number of ether oxygens (including phenoxy) is 2. The van der Waals surface area contributed by atoms with E-state index in [9.17, 15) is 9.59 Å². The summed E-state index contributed by atoms with van der Waals surface area (Å²) in [7, 11) is 0. The van der Waals surface area contributed by atoms with Crippen molar-refractivity contribution in [3.63, 3.8) is 0 Å². The fourth-order valence-electron chi connectivity index (χ4n) is 3.77. The molecule has 28 heavy (non-hydrogen) atoms. The Kier molecular flexibility index (Phi) is 7.78. The molecule has 154 valence electrons. The second kappa shape index (κ2) is 9.85. The lowest BCUT2D eigenvalue weighted by atomic mass is 9.86. The predicted octanol–water partition coefficient (Wildman–Crippen LogP) is 2.58. The number of hydrogen-bond acceptors (Lipinski definition) is 4. The van der Waals surface area contributed by atoms with Gasteiger partial charge < -0.3 is 20.1 Å². The van der Waals surface area contributed by atoms with Crippen LogP contribution in [0.4, 0.5) is 0 Å². The monoisotopic (exact) mass is 388 g/mol. The molecule has 2 aliphatic carbocycles. The molecule has 0 bridgehead atoms. The van der Waals surface area contributed by atoms with E-state index < -0.39 is 35.1 Å². The topological polar surface area (TPSA) is 76.7 Å². The molecular weight excluding hydrogens is 356 g/mol. The molecule has 4 unspecified atom stereocenters. The average Bonchev–Trinajstić information content (AvgIpc) is 2.71. The molecule has 2 aliphatic rings. The van der Waals surface area contributed by atoms with Crippen LogP contribution < -0.4 is 10.6 Å². The molecular formula is C22H32N2O4. The van der Waals surface area contributed by atoms with Gasteiger partial charge in [-0.2, -0.15) is 0 Å². The lowest BCUT2D eigenvalue weighted by Crippen LogP contribution is -2.59. The molecule has 6 nitrogen and oxygen atoms in total. The van der Waals surface area contributed by atoms with Crippen LogP contribution in [0.15, 0.2) is 48.6 Å². The van der Waals surface area contributed by atoms with Crippen molar-refractivity contribution in [1.29, 1.82) is 0 Å². The van der Waals surface area contributed by atoms with E-state index in [0.29, 0.717) is 26.1 Å². The largest absolute Gasteiger partial charge is 0.369 e. The number of nitrogens with one attached hydrogen (secondary N) is 2. The number of amides is 2. The summed E-state index contributed by atoms with van der Waals surface area (Å²) in [6, 6.07) is -0.823. The van der Waals surface area contributed by atoms with Crippen molar-refractivity contribution in [2.45, 2.75) is 63.8 Å². The van der Waals surface area contributed by atoms with Crippen LogP contribution in [0.5, 0.6) is 0 Å². The molecule has 0 aliphatic heterocycles. The third-order valence-corrected chi connectivity index (χ3v) is 5.35. The van der Waals surface area contributed by atoms with Gasteiger partial charge in [-0.3, -0.25) is 9.59 Å². The normalized spacial score (nSPS) is 31.0. The fourth-order valence-corrected chi connectivity index (χ4v) is 3.77. The van der Waals surface area contributed by atoms with Crippen molar-refractivity contribution in [2.75, 3.05) is 13.2 Å². The van der Waals surface area contributed by atoms with E-state index in [1.165, 1.54) is 0 Å². The molecule has 0 saturated carbocycles. The zero-order valence-corrected chi connectivity index (χ0v) is 17.2. The average molecular weight is 389 g/mol. The van der Waals surface area contributed by atoms with Crippen LogP contribution >= 0.6 is 0 Å². The lowest BCUT2D eigenvalue weighted by molar-refractivity contribution is -0.142. The number of carbonyl (C=O) groups excluding carboxylic acids is 2. The zero-order chi connectivity index (χ0) is 20.6. The number of carbonyl (C=O) groups is 2. The first kappa shape index (κ1) is 22.1. The Bertz CT molecular complexity index is 624. The third kappa shape index (κ3) is 4.62. The molecule has 0 heterocycles. The van der Waals surface area contributed by atoms with Crippen LogP contribution in [0, 0.1) is 0 Å². The van der Waals surface area contributed by atoms with Gasteiger partial charge in [0.15, 0.2) is 0 Å². The predicted molar refractivity (Wildman–Crippen MR) is 110 cm³/mol. The number of hydrogen-bond donors (Lipinski definition) is 2. The molecule has 4 atom stereocenters. The van der Waals surface area contributed by atoms with Crippen LogP contribution in [0.25, 0.3) is 0 Å². The van der Waals surface area contributed by atoms with Gasteiger partial charge in [0.25, 0.3) is 0 Å². The van der Waals surface area contributed by atoms with Crippen molar-refractivity contribution >= 4 is 11.8 Å². The lowest BCUT2D eigenvalue weighted by Gasteiger charge is -2.39. The van der Waals surface area contributed by atoms with E-state index in [0.717, 1.165) is 0 Å². The summed E-state index contributed by atoms with van der Waals surface area (Å²) in [5, 5.41) is 5.63. The standard InChI is InChI=1S/C22H32N2O4/c1-5-21(27-7-3)15-11-9-13-17(21)23-19(25)20(26)24-18-14-10-12-16-22(18,6-2)28-8-4/h9-18H,5-8H2,1-4H3,(H,23,25)(H,24,26). The van der Waals surface area contributed by atoms with Crippen molar-refractivity contribution in [3.05, 3.63) is 48.6 Å². The molecule has 0 aromatic rings. The highest BCUT2D eigenvalue weighted by Crippen LogP contribution is 2.28. The summed E-state index contributed by atoms with van der Waals surface area (Å²) in [5.41, 5.74) is -1.29. The Morgan fingerprint density at radius 3 is 1.46 bits per heavy atom. The van der Waals surface area contributed by atoms with E-state index in [-0.39, 0.29) is 0 Å². The minimum Gasteiger partial charge on any atom is -0.369 e. The summed E-state index contributed by atoms with van der Waals surface area (Å²) >= 11 is 0. The first-order valence-electron chi connectivity index (χ1n) is 10.1. The minimum absolute atomic E-state index is 0.412. The van der Waals surface area contributed by atoms with Crippen LogP contribution in [-0.2, 0) is 19.1 Å². The molecule has 0 aromatic heterocycles. The molecule has 2 N–H and O–H groups in total. The van der Waals surface area contributed by atoms with Crippen LogP contribution in [0.1, 0.15) is 40.5 Å². The Morgan fingerprint density at radius 2 is 1.14 bits per heavy atom. The van der Waals surface area contributed by atoms with Gasteiger partial charge in [-0.15, -0.1) is 0 Å². The van der Waals surface area contributed by atoms with Crippen molar-refractivity contribution in [2.24, 2.45) is 0 Å². The molecule has 0 saturated heterocycles. The van der Waals surface area contributed by atoms with E-state index in [2.05, 4.69) is 10.6 Å². The Balaban J connectivity index is 2.09. The number of rotatable bonds is 8. The highest BCUT2D eigenvalue weighted by molar-refractivity contribution is 6.35. The molecule has 2 rings (SSSR count). The molecule has 2 amide bonds. The van der Waals surface area contributed by atoms with Gasteiger partial charge in [-0.05, 0) is 26.7 Å². The van der Waals surface area contributed by atoms with Crippen molar-refractivity contribution in [1.82, 2.24) is 10.6 Å². The smallest absolute Gasteiger partial charge is 0.309 e. The second-order valence-corrected chi connectivity index (χ2v) is 6.87. The van der Waals surface area contributed by atoms with E-state index >= 15 is 0 Å². The Morgan fingerprint density at radius 1 is 0.750 bits per heavy atom. The molecule has 0 spiro atoms. The van der Waals surface area contributed by atoms with Gasteiger partial charge in [0.2, 0.25) is 0 Å². The Labute approximate surface area is 167 Å². The summed E-state index contributed by atoms with van der Waals surface area (Å²) in [4.78, 5) is 25.3. The summed E-state index contributed by atoms with van der Waals surface area (Å²) in [6.45, 7) is 8.84. The van der Waals surface area contributed by atoms with Gasteiger partial charge >= 0.3 is 11.8 Å². The maximum absolute atomic E-state index is 12.6. The third-order valence-electron chi connectivity index (χ3n) is 5.35. The van der Waals surface area contributed by atoms with E-state index in [1.807, 2.05) is 76.3 Å². The first-order chi connectivity index (χ1) is 13.5. The van der Waals surface area contributed by atoms with E-state index in [4.69, 9.17) is 9.47 Å². The van der Waals surface area contributed by atoms with Crippen LogP contribution in [0.2, 0.25) is 0 Å². The van der Waals surface area contributed by atoms with Crippen molar-refractivity contribution < 1.29 is 19.1 Å². The van der Waals surface area contributed by atoms with Gasteiger partial charge in [0.05, 0.1) is 12.1 Å². The maximum atomic E-state index is 12.6. The summed E-state index contributed by atoms with van der Waals surface area (Å²) < 4.78 is 11.8. The highest BCUT2D eigenvalue weighted by atomic mass is 16.5. The molecule has 0 fully saturated rings. The van der Waals surface area contributed by atoms with Crippen LogP contribution in [-0.4, -0.2) is 48.3 Å². The quantitative estimate of drug-likeness (QED) is 0.627. The van der Waals surface area contributed by atoms with Crippen LogP contribution in [0.3, 0.4) is 0 Å². The first-order valence-corrected chi connectivity index (χ1v) is 10.1. The minimum atomic E-state index is -0.688. The molecule has 0 radical (unpaired) electrons. The van der Waals surface area contributed by atoms with Gasteiger partial charge in [0.1, 0.15) is 11.2 Å². The molecule has 0 aromatic carbocycles.